The minimum absolute atomic E-state index is 0.0260. The minimum Gasteiger partial charge on any atom is -0.342 e. The summed E-state index contributed by atoms with van der Waals surface area (Å²) in [5.74, 6) is -1.23. The molecule has 1 aromatic heterocycles. The van der Waals surface area contributed by atoms with Gasteiger partial charge in [-0.3, -0.25) is 9.78 Å². The highest BCUT2D eigenvalue weighted by atomic mass is 19.1. The van der Waals surface area contributed by atoms with Crippen LogP contribution in [0.25, 0.3) is 11.3 Å². The number of nitrogens with one attached hydrogen (secondary N) is 1. The van der Waals surface area contributed by atoms with Crippen molar-refractivity contribution < 1.29 is 18.4 Å². The Morgan fingerprint density at radius 1 is 1.13 bits per heavy atom. The zero-order valence-corrected chi connectivity index (χ0v) is 17.4. The molecule has 0 aliphatic carbocycles. The Bertz CT molecular complexity index is 890. The van der Waals surface area contributed by atoms with Crippen LogP contribution in [0.3, 0.4) is 0 Å². The van der Waals surface area contributed by atoms with Crippen LogP contribution in [0.1, 0.15) is 26.7 Å². The zero-order chi connectivity index (χ0) is 21.8. The second-order valence-corrected chi connectivity index (χ2v) is 7.84. The quantitative estimate of drug-likeness (QED) is 0.815. The average Bonchev–Trinajstić information content (AvgIpc) is 2.72. The van der Waals surface area contributed by atoms with Gasteiger partial charge in [0.05, 0.1) is 17.6 Å². The average molecular weight is 416 g/mol. The number of halogens is 2. The Balaban J connectivity index is 1.57. The van der Waals surface area contributed by atoms with Crippen LogP contribution in [0.15, 0.2) is 36.5 Å². The molecule has 0 atom stereocenters. The topological polar surface area (TPSA) is 65.5 Å². The number of carbonyl (C=O) groups excluding carboxylic acids is 2. The molecule has 0 bridgehead atoms. The second-order valence-electron chi connectivity index (χ2n) is 7.84. The van der Waals surface area contributed by atoms with E-state index in [0.717, 1.165) is 18.9 Å². The van der Waals surface area contributed by atoms with E-state index >= 15 is 0 Å². The molecule has 2 heterocycles. The molecule has 2 aromatic rings. The van der Waals surface area contributed by atoms with Gasteiger partial charge in [-0.15, -0.1) is 0 Å². The summed E-state index contributed by atoms with van der Waals surface area (Å²) < 4.78 is 26.8. The molecular formula is C22H26F2N4O2. The van der Waals surface area contributed by atoms with Gasteiger partial charge in [0, 0.05) is 43.7 Å². The summed E-state index contributed by atoms with van der Waals surface area (Å²) in [6, 6.07) is 6.22. The lowest BCUT2D eigenvalue weighted by molar-refractivity contribution is -0.135. The normalized spacial score (nSPS) is 14.7. The van der Waals surface area contributed by atoms with Crippen molar-refractivity contribution in [3.8, 4) is 11.3 Å². The third-order valence-corrected chi connectivity index (χ3v) is 5.31. The van der Waals surface area contributed by atoms with Crippen LogP contribution in [-0.4, -0.2) is 52.9 Å². The van der Waals surface area contributed by atoms with E-state index in [-0.39, 0.29) is 23.9 Å². The van der Waals surface area contributed by atoms with Crippen LogP contribution in [0, 0.1) is 17.6 Å². The van der Waals surface area contributed by atoms with Gasteiger partial charge in [0.1, 0.15) is 11.6 Å². The molecule has 0 unspecified atom stereocenters. The molecule has 0 saturated carbocycles. The molecule has 160 valence electrons. The fourth-order valence-electron chi connectivity index (χ4n) is 3.56. The Kier molecular flexibility index (Phi) is 6.64. The molecule has 0 radical (unpaired) electrons. The van der Waals surface area contributed by atoms with E-state index < -0.39 is 11.6 Å². The lowest BCUT2D eigenvalue weighted by atomic mass is 10.0. The van der Waals surface area contributed by atoms with E-state index in [1.165, 1.54) is 18.3 Å². The van der Waals surface area contributed by atoms with Crippen LogP contribution in [0.4, 0.5) is 19.3 Å². The Morgan fingerprint density at radius 2 is 1.77 bits per heavy atom. The molecule has 3 rings (SSSR count). The molecule has 1 fully saturated rings. The summed E-state index contributed by atoms with van der Waals surface area (Å²) >= 11 is 0. The van der Waals surface area contributed by atoms with Crippen molar-refractivity contribution in [2.24, 2.45) is 5.92 Å². The number of anilines is 1. The summed E-state index contributed by atoms with van der Waals surface area (Å²) in [6.07, 6.45) is 2.91. The first-order valence-electron chi connectivity index (χ1n) is 9.99. The first kappa shape index (κ1) is 21.7. The summed E-state index contributed by atoms with van der Waals surface area (Å²) in [5.41, 5.74) is 1.21. The van der Waals surface area contributed by atoms with Crippen LogP contribution in [0.5, 0.6) is 0 Å². The Morgan fingerprint density at radius 3 is 2.30 bits per heavy atom. The van der Waals surface area contributed by atoms with Crippen molar-refractivity contribution in [2.75, 3.05) is 25.5 Å². The third-order valence-electron chi connectivity index (χ3n) is 5.31. The maximum absolute atomic E-state index is 13.4. The predicted octanol–water partition coefficient (Wildman–Crippen LogP) is 4.14. The number of amides is 3. The van der Waals surface area contributed by atoms with Gasteiger partial charge in [-0.2, -0.15) is 0 Å². The molecule has 1 saturated heterocycles. The largest absolute Gasteiger partial charge is 0.342 e. The lowest BCUT2D eigenvalue weighted by Crippen LogP contribution is -2.49. The van der Waals surface area contributed by atoms with E-state index in [1.54, 1.807) is 24.1 Å². The number of benzene rings is 1. The number of likely N-dealkylation sites (tertiary alicyclic amines) is 1. The molecule has 6 nitrogen and oxygen atoms in total. The van der Waals surface area contributed by atoms with Crippen molar-refractivity contribution in [3.05, 3.63) is 48.2 Å². The van der Waals surface area contributed by atoms with Gasteiger partial charge in [0.15, 0.2) is 0 Å². The smallest absolute Gasteiger partial charge is 0.321 e. The van der Waals surface area contributed by atoms with E-state index in [1.807, 2.05) is 18.7 Å². The van der Waals surface area contributed by atoms with Crippen LogP contribution < -0.4 is 5.32 Å². The Labute approximate surface area is 174 Å². The van der Waals surface area contributed by atoms with E-state index in [0.29, 0.717) is 30.0 Å². The number of carbonyl (C=O) groups is 2. The number of piperidine rings is 1. The highest BCUT2D eigenvalue weighted by Crippen LogP contribution is 2.22. The monoisotopic (exact) mass is 416 g/mol. The van der Waals surface area contributed by atoms with Gasteiger partial charge < -0.3 is 15.1 Å². The molecule has 1 aliphatic rings. The van der Waals surface area contributed by atoms with Gasteiger partial charge in [0.2, 0.25) is 5.91 Å². The van der Waals surface area contributed by atoms with Crippen molar-refractivity contribution in [1.82, 2.24) is 14.8 Å². The van der Waals surface area contributed by atoms with Crippen LogP contribution in [0.2, 0.25) is 0 Å². The maximum Gasteiger partial charge on any atom is 0.321 e. The van der Waals surface area contributed by atoms with Gasteiger partial charge >= 0.3 is 6.03 Å². The summed E-state index contributed by atoms with van der Waals surface area (Å²) in [4.78, 5) is 32.4. The molecule has 1 aromatic carbocycles. The molecule has 1 N–H and O–H groups in total. The summed E-state index contributed by atoms with van der Waals surface area (Å²) in [7, 11) is 1.73. The standard InChI is InChI=1S/C22H26F2N4O2/c1-14(2)21(29)28-8-6-19(7-9-28)27(3)22(30)26-18-4-5-20(25-13-18)15-10-16(23)12-17(24)11-15/h4-5,10-14,19H,6-9H2,1-3H3,(H,26,30). The Hall–Kier alpha value is -3.03. The minimum atomic E-state index is -0.674. The fourth-order valence-corrected chi connectivity index (χ4v) is 3.56. The van der Waals surface area contributed by atoms with Crippen molar-refractivity contribution in [3.63, 3.8) is 0 Å². The van der Waals surface area contributed by atoms with E-state index in [2.05, 4.69) is 10.3 Å². The number of nitrogens with zero attached hydrogens (tertiary/aromatic N) is 3. The van der Waals surface area contributed by atoms with Crippen LogP contribution >= 0.6 is 0 Å². The number of aromatic nitrogens is 1. The van der Waals surface area contributed by atoms with Crippen molar-refractivity contribution in [1.29, 1.82) is 0 Å². The van der Waals surface area contributed by atoms with E-state index in [4.69, 9.17) is 0 Å². The zero-order valence-electron chi connectivity index (χ0n) is 17.4. The predicted molar refractivity (Wildman–Crippen MR) is 111 cm³/mol. The van der Waals surface area contributed by atoms with Crippen molar-refractivity contribution in [2.45, 2.75) is 32.7 Å². The molecule has 1 aliphatic heterocycles. The number of hydrogen-bond donors (Lipinski definition) is 1. The first-order chi connectivity index (χ1) is 14.2. The summed E-state index contributed by atoms with van der Waals surface area (Å²) in [6.45, 7) is 5.05. The highest BCUT2D eigenvalue weighted by Gasteiger charge is 2.28. The van der Waals surface area contributed by atoms with Gasteiger partial charge in [0.25, 0.3) is 0 Å². The molecule has 3 amide bonds. The number of urea groups is 1. The van der Waals surface area contributed by atoms with Gasteiger partial charge in [-0.1, -0.05) is 13.8 Å². The molecular weight excluding hydrogens is 390 g/mol. The molecule has 0 spiro atoms. The number of hydrogen-bond acceptors (Lipinski definition) is 3. The number of rotatable bonds is 4. The molecule has 30 heavy (non-hydrogen) atoms. The van der Waals surface area contributed by atoms with Gasteiger partial charge in [-0.25, -0.2) is 13.6 Å². The van der Waals surface area contributed by atoms with Gasteiger partial charge in [-0.05, 0) is 37.1 Å². The highest BCUT2D eigenvalue weighted by molar-refractivity contribution is 5.89. The second kappa shape index (κ2) is 9.19. The fraction of sp³-hybridized carbons (Fsp3) is 0.409. The maximum atomic E-state index is 13.4. The number of pyridine rings is 1. The van der Waals surface area contributed by atoms with Crippen molar-refractivity contribution >= 4 is 17.6 Å². The lowest BCUT2D eigenvalue weighted by Gasteiger charge is -2.37. The summed E-state index contributed by atoms with van der Waals surface area (Å²) in [5, 5.41) is 2.79. The SMILES string of the molecule is CC(C)C(=O)N1CCC(N(C)C(=O)Nc2ccc(-c3cc(F)cc(F)c3)nc2)CC1. The molecule has 8 heteroatoms. The first-order valence-corrected chi connectivity index (χ1v) is 9.99. The van der Waals surface area contributed by atoms with Crippen LogP contribution in [-0.2, 0) is 4.79 Å². The third kappa shape index (κ3) is 5.11. The van der Waals surface area contributed by atoms with E-state index in [9.17, 15) is 18.4 Å².